The zero-order chi connectivity index (χ0) is 20.9. The normalized spacial score (nSPS) is 17.0. The Morgan fingerprint density at radius 3 is 2.43 bits per heavy atom. The van der Waals surface area contributed by atoms with Crippen molar-refractivity contribution in [3.8, 4) is 16.9 Å². The van der Waals surface area contributed by atoms with Gasteiger partial charge in [0.1, 0.15) is 11.6 Å². The first kappa shape index (κ1) is 20.2. The van der Waals surface area contributed by atoms with Crippen LogP contribution in [0.15, 0.2) is 64.3 Å². The Kier molecular flexibility index (Phi) is 6.14. The van der Waals surface area contributed by atoms with Gasteiger partial charge in [0, 0.05) is 50.9 Å². The molecule has 0 radical (unpaired) electrons. The minimum absolute atomic E-state index is 0.219. The molecule has 0 bridgehead atoms. The molecule has 1 fully saturated rings. The van der Waals surface area contributed by atoms with Crippen LogP contribution in [0.5, 0.6) is 5.75 Å². The van der Waals surface area contributed by atoms with E-state index in [4.69, 9.17) is 0 Å². The van der Waals surface area contributed by atoms with Gasteiger partial charge in [-0.3, -0.25) is 0 Å². The first-order valence-corrected chi connectivity index (χ1v) is 10.6. The van der Waals surface area contributed by atoms with E-state index in [1.165, 1.54) is 5.57 Å². The Balaban J connectivity index is 1.64. The van der Waals surface area contributed by atoms with Crippen LogP contribution in [0.4, 0.5) is 5.69 Å². The fourth-order valence-electron chi connectivity index (χ4n) is 3.84. The van der Waals surface area contributed by atoms with Crippen molar-refractivity contribution in [3.05, 3.63) is 59.7 Å². The van der Waals surface area contributed by atoms with Crippen LogP contribution in [0.25, 0.3) is 11.1 Å². The Bertz CT molecular complexity index is 985. The zero-order valence-electron chi connectivity index (χ0n) is 17.7. The van der Waals surface area contributed by atoms with Crippen molar-refractivity contribution in [2.75, 3.05) is 38.5 Å². The molecule has 2 aromatic carbocycles. The summed E-state index contributed by atoms with van der Waals surface area (Å²) in [6.07, 6.45) is 3.82. The van der Waals surface area contributed by atoms with Gasteiger partial charge in [-0.1, -0.05) is 30.7 Å². The number of hydrogen-bond donors (Lipinski definition) is 3. The van der Waals surface area contributed by atoms with Gasteiger partial charge in [-0.2, -0.15) is 0 Å². The average molecular weight is 404 g/mol. The number of amidine groups is 1. The molecular weight excluding hydrogens is 374 g/mol. The number of anilines is 1. The van der Waals surface area contributed by atoms with E-state index in [9.17, 15) is 5.11 Å². The highest BCUT2D eigenvalue weighted by molar-refractivity contribution is 6.12. The van der Waals surface area contributed by atoms with Gasteiger partial charge in [-0.05, 0) is 47.9 Å². The number of nitrogens with one attached hydrogen (secondary N) is 2. The zero-order valence-corrected chi connectivity index (χ0v) is 17.7. The van der Waals surface area contributed by atoms with Crippen LogP contribution in [0.3, 0.4) is 0 Å². The van der Waals surface area contributed by atoms with Crippen molar-refractivity contribution in [2.24, 2.45) is 10.2 Å². The van der Waals surface area contributed by atoms with Gasteiger partial charge in [0.25, 0.3) is 0 Å². The van der Waals surface area contributed by atoms with Crippen LogP contribution < -0.4 is 10.6 Å². The predicted octanol–water partition coefficient (Wildman–Crippen LogP) is 3.85. The van der Waals surface area contributed by atoms with Gasteiger partial charge in [0.15, 0.2) is 0 Å². The third kappa shape index (κ3) is 4.39. The molecule has 0 aromatic heterocycles. The molecule has 2 aliphatic heterocycles. The molecule has 1 saturated heterocycles. The lowest BCUT2D eigenvalue weighted by molar-refractivity contribution is 0.352. The van der Waals surface area contributed by atoms with Crippen molar-refractivity contribution in [1.29, 1.82) is 0 Å². The summed E-state index contributed by atoms with van der Waals surface area (Å²) in [7, 11) is 1.90. The van der Waals surface area contributed by atoms with Crippen molar-refractivity contribution in [3.63, 3.8) is 0 Å². The summed E-state index contributed by atoms with van der Waals surface area (Å²) in [5, 5.41) is 26.4. The number of phenols is 1. The molecule has 156 valence electrons. The minimum Gasteiger partial charge on any atom is -0.507 e. The Morgan fingerprint density at radius 2 is 1.77 bits per heavy atom. The standard InChI is InChI=1S/C24H29N5O/c1-3-17-14-22(27-28-24(15-17)29-12-10-26-11-13-29)21-9-6-19(16-23(21)30)18-4-7-20(25-2)8-5-18/h4-9,14,16,25-26,30H,3,10-13,15H2,1-2H3. The Labute approximate surface area is 178 Å². The molecule has 3 N–H and O–H groups in total. The molecule has 0 amide bonds. The Hall–Kier alpha value is -3.12. The number of benzene rings is 2. The van der Waals surface area contributed by atoms with Gasteiger partial charge in [0.2, 0.25) is 0 Å². The van der Waals surface area contributed by atoms with E-state index >= 15 is 0 Å². The summed E-state index contributed by atoms with van der Waals surface area (Å²) < 4.78 is 0. The molecule has 0 saturated carbocycles. The average Bonchev–Trinajstić information content (AvgIpc) is 3.02. The van der Waals surface area contributed by atoms with E-state index in [1.54, 1.807) is 6.07 Å². The number of rotatable bonds is 4. The van der Waals surface area contributed by atoms with Crippen LogP contribution in [0.1, 0.15) is 25.3 Å². The van der Waals surface area contributed by atoms with Gasteiger partial charge in [-0.15, -0.1) is 10.2 Å². The molecule has 0 spiro atoms. The molecule has 0 atom stereocenters. The van der Waals surface area contributed by atoms with E-state index in [1.807, 2.05) is 43.4 Å². The summed E-state index contributed by atoms with van der Waals surface area (Å²) in [4.78, 5) is 2.31. The molecule has 30 heavy (non-hydrogen) atoms. The third-order valence-electron chi connectivity index (χ3n) is 5.72. The predicted molar refractivity (Wildman–Crippen MR) is 124 cm³/mol. The molecule has 6 heteroatoms. The molecule has 6 nitrogen and oxygen atoms in total. The lowest BCUT2D eigenvalue weighted by Crippen LogP contribution is -2.46. The van der Waals surface area contributed by atoms with E-state index in [-0.39, 0.29) is 5.75 Å². The molecule has 2 aliphatic rings. The monoisotopic (exact) mass is 403 g/mol. The fourth-order valence-corrected chi connectivity index (χ4v) is 3.84. The van der Waals surface area contributed by atoms with Crippen molar-refractivity contribution in [2.45, 2.75) is 19.8 Å². The highest BCUT2D eigenvalue weighted by Gasteiger charge is 2.19. The Morgan fingerprint density at radius 1 is 1.03 bits per heavy atom. The quantitative estimate of drug-likeness (QED) is 0.725. The van der Waals surface area contributed by atoms with Crippen LogP contribution in [-0.2, 0) is 0 Å². The smallest absolute Gasteiger partial charge is 0.131 e. The first-order valence-electron chi connectivity index (χ1n) is 10.6. The number of allylic oxidation sites excluding steroid dienone is 1. The summed E-state index contributed by atoms with van der Waals surface area (Å²) >= 11 is 0. The number of nitrogens with zero attached hydrogens (tertiary/aromatic N) is 3. The van der Waals surface area contributed by atoms with E-state index < -0.39 is 0 Å². The van der Waals surface area contributed by atoms with Crippen LogP contribution >= 0.6 is 0 Å². The second-order valence-corrected chi connectivity index (χ2v) is 7.63. The number of aromatic hydroxyl groups is 1. The maximum atomic E-state index is 10.8. The van der Waals surface area contributed by atoms with Gasteiger partial charge in [0.05, 0.1) is 5.71 Å². The van der Waals surface area contributed by atoms with E-state index in [0.717, 1.165) is 61.7 Å². The van der Waals surface area contributed by atoms with Crippen molar-refractivity contribution in [1.82, 2.24) is 10.2 Å². The maximum absolute atomic E-state index is 10.8. The summed E-state index contributed by atoms with van der Waals surface area (Å²) in [5.74, 6) is 1.23. The second-order valence-electron chi connectivity index (χ2n) is 7.63. The molecule has 2 aromatic rings. The molecule has 4 rings (SSSR count). The SMILES string of the molecule is CCC1=CC(c2ccc(-c3ccc(NC)cc3)cc2O)=NN=C(N2CCNCC2)C1. The lowest BCUT2D eigenvalue weighted by Gasteiger charge is -2.29. The van der Waals surface area contributed by atoms with E-state index in [0.29, 0.717) is 11.3 Å². The highest BCUT2D eigenvalue weighted by atomic mass is 16.3. The molecular formula is C24H29N5O. The second kappa shape index (κ2) is 9.13. The van der Waals surface area contributed by atoms with Crippen LogP contribution in [0, 0.1) is 0 Å². The number of hydrogen-bond acceptors (Lipinski definition) is 6. The minimum atomic E-state index is 0.219. The molecule has 0 aliphatic carbocycles. The summed E-state index contributed by atoms with van der Waals surface area (Å²) in [6, 6.07) is 13.9. The largest absolute Gasteiger partial charge is 0.507 e. The fraction of sp³-hybridized carbons (Fsp3) is 0.333. The van der Waals surface area contributed by atoms with Crippen molar-refractivity contribution < 1.29 is 5.11 Å². The van der Waals surface area contributed by atoms with Gasteiger partial charge < -0.3 is 20.6 Å². The number of phenolic OH excluding ortho intramolecular Hbond substituents is 1. The van der Waals surface area contributed by atoms with Crippen molar-refractivity contribution >= 4 is 17.2 Å². The van der Waals surface area contributed by atoms with E-state index in [2.05, 4.69) is 38.7 Å². The highest BCUT2D eigenvalue weighted by Crippen LogP contribution is 2.29. The third-order valence-corrected chi connectivity index (χ3v) is 5.72. The van der Waals surface area contributed by atoms with Gasteiger partial charge >= 0.3 is 0 Å². The molecule has 2 heterocycles. The summed E-state index contributed by atoms with van der Waals surface area (Å²) in [5.41, 5.74) is 5.78. The molecule has 0 unspecified atom stereocenters. The lowest BCUT2D eigenvalue weighted by atomic mass is 9.98. The van der Waals surface area contributed by atoms with Gasteiger partial charge in [-0.25, -0.2) is 0 Å². The van der Waals surface area contributed by atoms with Crippen LogP contribution in [-0.4, -0.2) is 54.8 Å². The van der Waals surface area contributed by atoms with Crippen LogP contribution in [0.2, 0.25) is 0 Å². The summed E-state index contributed by atoms with van der Waals surface area (Å²) in [6.45, 7) is 6.00. The maximum Gasteiger partial charge on any atom is 0.131 e. The topological polar surface area (TPSA) is 72.2 Å². The number of piperazine rings is 1. The first-order chi connectivity index (χ1) is 14.7.